The number of amides is 1. The fraction of sp³-hybridized carbons (Fsp3) is 0.538. The van der Waals surface area contributed by atoms with Crippen LogP contribution in [0.15, 0.2) is 24.4 Å². The Balaban J connectivity index is 1.61. The number of aromatic nitrogens is 1. The number of rotatable bonds is 6. The van der Waals surface area contributed by atoms with Crippen molar-refractivity contribution in [2.45, 2.75) is 25.4 Å². The van der Waals surface area contributed by atoms with E-state index in [2.05, 4.69) is 15.6 Å². The molecule has 20 heavy (non-hydrogen) atoms. The standard InChI is InChI=1S/C13H19N3O3S/c17-13(16-9-11-3-1-2-6-14-11)4-7-15-12-5-8-20(18,19)10-12/h1-3,6,12,15H,4-5,7-10H2,(H,16,17). The minimum absolute atomic E-state index is 0.0106. The molecule has 0 saturated carbocycles. The fourth-order valence-corrected chi connectivity index (χ4v) is 3.83. The van der Waals surface area contributed by atoms with Crippen LogP contribution in [0.5, 0.6) is 0 Å². The summed E-state index contributed by atoms with van der Waals surface area (Å²) in [5, 5.41) is 5.89. The van der Waals surface area contributed by atoms with Crippen LogP contribution in [0.4, 0.5) is 0 Å². The molecule has 1 aromatic rings. The van der Waals surface area contributed by atoms with Crippen LogP contribution in [-0.2, 0) is 21.2 Å². The molecule has 1 aromatic heterocycles. The molecular formula is C13H19N3O3S. The molecule has 0 bridgehead atoms. The molecular weight excluding hydrogens is 278 g/mol. The molecule has 0 aliphatic carbocycles. The summed E-state index contributed by atoms with van der Waals surface area (Å²) in [6, 6.07) is 5.53. The molecule has 0 spiro atoms. The maximum atomic E-state index is 11.6. The molecule has 6 nitrogen and oxygen atoms in total. The van der Waals surface area contributed by atoms with Crippen molar-refractivity contribution < 1.29 is 13.2 Å². The van der Waals surface area contributed by atoms with E-state index >= 15 is 0 Å². The van der Waals surface area contributed by atoms with E-state index < -0.39 is 9.84 Å². The van der Waals surface area contributed by atoms with Gasteiger partial charge in [-0.25, -0.2) is 8.42 Å². The lowest BCUT2D eigenvalue weighted by Gasteiger charge is -2.10. The highest BCUT2D eigenvalue weighted by Gasteiger charge is 2.27. The summed E-state index contributed by atoms with van der Waals surface area (Å²) in [6.07, 6.45) is 2.66. The molecule has 110 valence electrons. The third-order valence-electron chi connectivity index (χ3n) is 3.21. The van der Waals surface area contributed by atoms with Crippen LogP contribution < -0.4 is 10.6 Å². The summed E-state index contributed by atoms with van der Waals surface area (Å²) in [5.41, 5.74) is 0.815. The van der Waals surface area contributed by atoms with E-state index in [0.29, 0.717) is 25.9 Å². The van der Waals surface area contributed by atoms with E-state index in [1.54, 1.807) is 6.20 Å². The normalized spacial score (nSPS) is 20.7. The molecule has 2 N–H and O–H groups in total. The number of sulfone groups is 1. The van der Waals surface area contributed by atoms with Crippen molar-refractivity contribution in [1.82, 2.24) is 15.6 Å². The molecule has 0 radical (unpaired) electrons. The van der Waals surface area contributed by atoms with Crippen molar-refractivity contribution in [2.75, 3.05) is 18.1 Å². The van der Waals surface area contributed by atoms with Gasteiger partial charge < -0.3 is 10.6 Å². The first kappa shape index (κ1) is 14.9. The summed E-state index contributed by atoms with van der Waals surface area (Å²) in [5.74, 6) is 0.364. The Hall–Kier alpha value is -1.47. The van der Waals surface area contributed by atoms with E-state index in [0.717, 1.165) is 5.69 Å². The quantitative estimate of drug-likeness (QED) is 0.763. The number of pyridine rings is 1. The van der Waals surface area contributed by atoms with Gasteiger partial charge in [0.15, 0.2) is 9.84 Å². The second kappa shape index (κ2) is 6.81. The molecule has 1 saturated heterocycles. The van der Waals surface area contributed by atoms with Crippen molar-refractivity contribution in [3.05, 3.63) is 30.1 Å². The van der Waals surface area contributed by atoms with Gasteiger partial charge >= 0.3 is 0 Å². The highest BCUT2D eigenvalue weighted by Crippen LogP contribution is 2.10. The molecule has 0 aromatic carbocycles. The first-order chi connectivity index (χ1) is 9.55. The Kier molecular flexibility index (Phi) is 5.08. The lowest BCUT2D eigenvalue weighted by atomic mass is 10.2. The first-order valence-corrected chi connectivity index (χ1v) is 8.48. The van der Waals surface area contributed by atoms with Crippen LogP contribution in [0.1, 0.15) is 18.5 Å². The smallest absolute Gasteiger partial charge is 0.221 e. The van der Waals surface area contributed by atoms with Gasteiger partial charge in [0.2, 0.25) is 5.91 Å². The monoisotopic (exact) mass is 297 g/mol. The second-order valence-corrected chi connectivity index (χ2v) is 7.13. The summed E-state index contributed by atoms with van der Waals surface area (Å²) in [6.45, 7) is 0.908. The van der Waals surface area contributed by atoms with Crippen molar-refractivity contribution in [3.8, 4) is 0 Å². The van der Waals surface area contributed by atoms with Crippen molar-refractivity contribution in [3.63, 3.8) is 0 Å². The Bertz CT molecular complexity index is 545. The Labute approximate surface area is 118 Å². The van der Waals surface area contributed by atoms with Gasteiger partial charge in [-0.15, -0.1) is 0 Å². The summed E-state index contributed by atoms with van der Waals surface area (Å²) < 4.78 is 22.5. The minimum Gasteiger partial charge on any atom is -0.350 e. The molecule has 1 fully saturated rings. The van der Waals surface area contributed by atoms with Gasteiger partial charge in [-0.05, 0) is 18.6 Å². The van der Waals surface area contributed by atoms with E-state index in [9.17, 15) is 13.2 Å². The summed E-state index contributed by atoms with van der Waals surface area (Å²) >= 11 is 0. The van der Waals surface area contributed by atoms with E-state index in [1.165, 1.54) is 0 Å². The Morgan fingerprint density at radius 3 is 2.90 bits per heavy atom. The number of carbonyl (C=O) groups is 1. The number of nitrogens with one attached hydrogen (secondary N) is 2. The second-order valence-electron chi connectivity index (χ2n) is 4.90. The van der Waals surface area contributed by atoms with Gasteiger partial charge in [0.1, 0.15) is 0 Å². The van der Waals surface area contributed by atoms with Gasteiger partial charge in [-0.2, -0.15) is 0 Å². The molecule has 1 aliphatic rings. The van der Waals surface area contributed by atoms with E-state index in [1.807, 2.05) is 18.2 Å². The van der Waals surface area contributed by atoms with Crippen LogP contribution in [0.2, 0.25) is 0 Å². The van der Waals surface area contributed by atoms with Crippen LogP contribution >= 0.6 is 0 Å². The Morgan fingerprint density at radius 1 is 1.40 bits per heavy atom. The van der Waals surface area contributed by atoms with E-state index in [-0.39, 0.29) is 23.5 Å². The predicted molar refractivity (Wildman–Crippen MR) is 75.8 cm³/mol. The zero-order valence-electron chi connectivity index (χ0n) is 11.2. The van der Waals surface area contributed by atoms with Gasteiger partial charge in [0, 0.05) is 25.2 Å². The number of nitrogens with zero attached hydrogens (tertiary/aromatic N) is 1. The Morgan fingerprint density at radius 2 is 2.25 bits per heavy atom. The molecule has 1 amide bonds. The zero-order valence-corrected chi connectivity index (χ0v) is 12.0. The average molecular weight is 297 g/mol. The topological polar surface area (TPSA) is 88.2 Å². The maximum Gasteiger partial charge on any atom is 0.221 e. The zero-order chi connectivity index (χ0) is 14.4. The van der Waals surface area contributed by atoms with E-state index in [4.69, 9.17) is 0 Å². The number of hydrogen-bond donors (Lipinski definition) is 2. The highest BCUT2D eigenvalue weighted by atomic mass is 32.2. The number of hydrogen-bond acceptors (Lipinski definition) is 5. The SMILES string of the molecule is O=C(CCNC1CCS(=O)(=O)C1)NCc1ccccn1. The van der Waals surface area contributed by atoms with Gasteiger partial charge in [-0.1, -0.05) is 6.07 Å². The molecule has 7 heteroatoms. The maximum absolute atomic E-state index is 11.6. The molecule has 1 aliphatic heterocycles. The van der Waals surface area contributed by atoms with Crippen molar-refractivity contribution in [2.24, 2.45) is 0 Å². The van der Waals surface area contributed by atoms with Crippen LogP contribution in [0.3, 0.4) is 0 Å². The van der Waals surface area contributed by atoms with Gasteiger partial charge in [0.25, 0.3) is 0 Å². The van der Waals surface area contributed by atoms with Crippen molar-refractivity contribution in [1.29, 1.82) is 0 Å². The number of carbonyl (C=O) groups excluding carboxylic acids is 1. The molecule has 2 rings (SSSR count). The highest BCUT2D eigenvalue weighted by molar-refractivity contribution is 7.91. The largest absolute Gasteiger partial charge is 0.350 e. The molecule has 1 atom stereocenters. The third kappa shape index (κ3) is 4.90. The fourth-order valence-electron chi connectivity index (χ4n) is 2.13. The third-order valence-corrected chi connectivity index (χ3v) is 4.98. The lowest BCUT2D eigenvalue weighted by Crippen LogP contribution is -2.34. The van der Waals surface area contributed by atoms with Crippen LogP contribution in [-0.4, -0.2) is 43.4 Å². The van der Waals surface area contributed by atoms with Gasteiger partial charge in [-0.3, -0.25) is 9.78 Å². The molecule has 2 heterocycles. The first-order valence-electron chi connectivity index (χ1n) is 6.65. The summed E-state index contributed by atoms with van der Waals surface area (Å²) in [7, 11) is -2.86. The molecule has 1 unspecified atom stereocenters. The minimum atomic E-state index is -2.86. The van der Waals surface area contributed by atoms with Crippen molar-refractivity contribution >= 4 is 15.7 Å². The lowest BCUT2D eigenvalue weighted by molar-refractivity contribution is -0.121. The van der Waals surface area contributed by atoms with Crippen LogP contribution in [0, 0.1) is 0 Å². The van der Waals surface area contributed by atoms with Gasteiger partial charge in [0.05, 0.1) is 23.7 Å². The predicted octanol–water partition coefficient (Wildman–Crippen LogP) is -0.135. The average Bonchev–Trinajstić information content (AvgIpc) is 2.77. The summed E-state index contributed by atoms with van der Waals surface area (Å²) in [4.78, 5) is 15.7. The van der Waals surface area contributed by atoms with Crippen LogP contribution in [0.25, 0.3) is 0 Å².